The number of nitrogens with zero attached hydrogens (tertiary/aromatic N) is 2. The molecule has 0 unspecified atom stereocenters. The first-order valence-corrected chi connectivity index (χ1v) is 12.0. The van der Waals surface area contributed by atoms with Gasteiger partial charge in [0.15, 0.2) is 0 Å². The molecule has 0 aliphatic carbocycles. The molecule has 0 fully saturated rings. The summed E-state index contributed by atoms with van der Waals surface area (Å²) < 4.78 is 29.8. The van der Waals surface area contributed by atoms with Crippen LogP contribution in [0.1, 0.15) is 32.8 Å². The molecule has 1 atom stereocenters. The Hall–Kier alpha value is -1.68. The Morgan fingerprint density at radius 3 is 2.30 bits per heavy atom. The summed E-state index contributed by atoms with van der Waals surface area (Å²) in [6, 6.07) is 6.13. The number of nitrogens with one attached hydrogen (secondary N) is 1. The Morgan fingerprint density at radius 2 is 1.77 bits per heavy atom. The van der Waals surface area contributed by atoms with Gasteiger partial charge in [0.05, 0.1) is 18.9 Å². The van der Waals surface area contributed by atoms with Gasteiger partial charge in [0.2, 0.25) is 21.8 Å². The van der Waals surface area contributed by atoms with Crippen molar-refractivity contribution in [3.63, 3.8) is 0 Å². The van der Waals surface area contributed by atoms with Crippen molar-refractivity contribution in [2.75, 3.05) is 33.0 Å². The average Bonchev–Trinajstić information content (AvgIpc) is 2.65. The third-order valence-corrected chi connectivity index (χ3v) is 5.94. The van der Waals surface area contributed by atoms with E-state index in [1.165, 1.54) is 11.9 Å². The standard InChI is InChI=1S/C20H32ClN3O5S/c1-15(2)29-12-6-11-22-20(26)16(3)24(13-17-7-9-18(21)10-8-17)19(25)14-23(4)30(5,27)28/h7-10,15-16H,6,11-14H2,1-5H3,(H,22,26)/t16-/m0/s1. The second kappa shape index (κ2) is 12.2. The third-order valence-electron chi connectivity index (χ3n) is 4.43. The van der Waals surface area contributed by atoms with E-state index in [1.54, 1.807) is 31.2 Å². The molecule has 0 aliphatic rings. The first-order valence-electron chi connectivity index (χ1n) is 9.76. The van der Waals surface area contributed by atoms with Gasteiger partial charge in [-0.15, -0.1) is 0 Å². The Kier molecular flexibility index (Phi) is 10.8. The maximum atomic E-state index is 12.9. The fraction of sp³-hybridized carbons (Fsp3) is 0.600. The smallest absolute Gasteiger partial charge is 0.242 e. The molecule has 0 aliphatic heterocycles. The molecule has 1 N–H and O–H groups in total. The van der Waals surface area contributed by atoms with Crippen LogP contribution in [-0.4, -0.2) is 74.6 Å². The van der Waals surface area contributed by atoms with Crippen LogP contribution in [0.25, 0.3) is 0 Å². The SMILES string of the molecule is CC(C)OCCCNC(=O)[C@H](C)N(Cc1ccc(Cl)cc1)C(=O)CN(C)S(C)(=O)=O. The van der Waals surface area contributed by atoms with Gasteiger partial charge in [-0.25, -0.2) is 8.42 Å². The molecule has 0 heterocycles. The van der Waals surface area contributed by atoms with Crippen LogP contribution in [0, 0.1) is 0 Å². The molecule has 0 aromatic heterocycles. The molecule has 10 heteroatoms. The predicted octanol–water partition coefficient (Wildman–Crippen LogP) is 1.88. The number of likely N-dealkylation sites (N-methyl/N-ethyl adjacent to an activating group) is 1. The third kappa shape index (κ3) is 9.42. The molecule has 2 amide bonds. The molecule has 170 valence electrons. The molecular formula is C20H32ClN3O5S. The monoisotopic (exact) mass is 461 g/mol. The molecule has 30 heavy (non-hydrogen) atoms. The van der Waals surface area contributed by atoms with Gasteiger partial charge >= 0.3 is 0 Å². The van der Waals surface area contributed by atoms with Crippen LogP contribution in [-0.2, 0) is 30.9 Å². The summed E-state index contributed by atoms with van der Waals surface area (Å²) in [5.41, 5.74) is 0.778. The van der Waals surface area contributed by atoms with Gasteiger partial charge in [-0.2, -0.15) is 4.31 Å². The molecule has 0 saturated carbocycles. The summed E-state index contributed by atoms with van der Waals surface area (Å²) in [4.78, 5) is 26.8. The molecule has 1 aromatic carbocycles. The van der Waals surface area contributed by atoms with Crippen LogP contribution in [0.5, 0.6) is 0 Å². The second-order valence-electron chi connectivity index (χ2n) is 7.41. The van der Waals surface area contributed by atoms with Crippen molar-refractivity contribution in [2.24, 2.45) is 0 Å². The average molecular weight is 462 g/mol. The topological polar surface area (TPSA) is 96.0 Å². The van der Waals surface area contributed by atoms with Crippen molar-refractivity contribution in [3.05, 3.63) is 34.9 Å². The van der Waals surface area contributed by atoms with Gasteiger partial charge in [-0.3, -0.25) is 9.59 Å². The minimum Gasteiger partial charge on any atom is -0.379 e. The molecule has 0 bridgehead atoms. The number of amides is 2. The molecule has 1 rings (SSSR count). The summed E-state index contributed by atoms with van der Waals surface area (Å²) in [7, 11) is -2.20. The zero-order chi connectivity index (χ0) is 22.9. The van der Waals surface area contributed by atoms with Crippen molar-refractivity contribution in [1.82, 2.24) is 14.5 Å². The van der Waals surface area contributed by atoms with E-state index in [1.807, 2.05) is 13.8 Å². The van der Waals surface area contributed by atoms with E-state index < -0.39 is 22.0 Å². The molecular weight excluding hydrogens is 430 g/mol. The minimum atomic E-state index is -3.53. The normalized spacial score (nSPS) is 12.8. The Labute approximate surface area is 184 Å². The van der Waals surface area contributed by atoms with E-state index >= 15 is 0 Å². The van der Waals surface area contributed by atoms with Crippen molar-refractivity contribution in [1.29, 1.82) is 0 Å². The number of hydrogen-bond acceptors (Lipinski definition) is 5. The summed E-state index contributed by atoms with van der Waals surface area (Å²) >= 11 is 5.92. The zero-order valence-corrected chi connectivity index (χ0v) is 19.8. The fourth-order valence-corrected chi connectivity index (χ4v) is 2.99. The van der Waals surface area contributed by atoms with Crippen molar-refractivity contribution < 1.29 is 22.7 Å². The van der Waals surface area contributed by atoms with E-state index in [0.29, 0.717) is 24.6 Å². The Morgan fingerprint density at radius 1 is 1.17 bits per heavy atom. The number of halogens is 1. The maximum absolute atomic E-state index is 12.9. The number of hydrogen-bond donors (Lipinski definition) is 1. The molecule has 0 spiro atoms. The first-order chi connectivity index (χ1) is 13.9. The number of carbonyl (C=O) groups is 2. The number of benzene rings is 1. The summed E-state index contributed by atoms with van der Waals surface area (Å²) in [5, 5.41) is 3.36. The highest BCUT2D eigenvalue weighted by atomic mass is 35.5. The van der Waals surface area contributed by atoms with Gasteiger partial charge in [-0.1, -0.05) is 23.7 Å². The molecule has 0 radical (unpaired) electrons. The summed E-state index contributed by atoms with van der Waals surface area (Å²) in [5.74, 6) is -0.785. The number of sulfonamides is 1. The first kappa shape index (κ1) is 26.4. The van der Waals surface area contributed by atoms with Gasteiger partial charge in [0.25, 0.3) is 0 Å². The van der Waals surface area contributed by atoms with Crippen LogP contribution in [0.2, 0.25) is 5.02 Å². The summed E-state index contributed by atoms with van der Waals surface area (Å²) in [6.45, 7) is 6.24. The minimum absolute atomic E-state index is 0.124. The fourth-order valence-electron chi connectivity index (χ4n) is 2.52. The quantitative estimate of drug-likeness (QED) is 0.479. The van der Waals surface area contributed by atoms with Crippen LogP contribution in [0.3, 0.4) is 0 Å². The highest BCUT2D eigenvalue weighted by Crippen LogP contribution is 2.14. The highest BCUT2D eigenvalue weighted by molar-refractivity contribution is 7.88. The molecule has 8 nitrogen and oxygen atoms in total. The number of rotatable bonds is 12. The maximum Gasteiger partial charge on any atom is 0.242 e. The van der Waals surface area contributed by atoms with E-state index in [0.717, 1.165) is 16.1 Å². The van der Waals surface area contributed by atoms with Crippen LogP contribution < -0.4 is 5.32 Å². The predicted molar refractivity (Wildman–Crippen MR) is 118 cm³/mol. The number of carbonyl (C=O) groups excluding carboxylic acids is 2. The van der Waals surface area contributed by atoms with Crippen LogP contribution in [0.15, 0.2) is 24.3 Å². The van der Waals surface area contributed by atoms with Crippen molar-refractivity contribution >= 4 is 33.4 Å². The van der Waals surface area contributed by atoms with Gasteiger partial charge in [-0.05, 0) is 44.9 Å². The van der Waals surface area contributed by atoms with Gasteiger partial charge in [0, 0.05) is 31.8 Å². The van der Waals surface area contributed by atoms with Crippen LogP contribution >= 0.6 is 11.6 Å². The van der Waals surface area contributed by atoms with E-state index in [2.05, 4.69) is 5.32 Å². The molecule has 0 saturated heterocycles. The lowest BCUT2D eigenvalue weighted by Gasteiger charge is -2.30. The van der Waals surface area contributed by atoms with Gasteiger partial charge in [0.1, 0.15) is 6.04 Å². The summed E-state index contributed by atoms with van der Waals surface area (Å²) in [6.07, 6.45) is 1.80. The van der Waals surface area contributed by atoms with Gasteiger partial charge < -0.3 is 15.0 Å². The largest absolute Gasteiger partial charge is 0.379 e. The van der Waals surface area contributed by atoms with E-state index in [4.69, 9.17) is 16.3 Å². The molecule has 1 aromatic rings. The number of ether oxygens (including phenoxy) is 1. The van der Waals surface area contributed by atoms with E-state index in [-0.39, 0.29) is 25.1 Å². The second-order valence-corrected chi connectivity index (χ2v) is 9.93. The Balaban J connectivity index is 2.85. The van der Waals surface area contributed by atoms with Crippen molar-refractivity contribution in [3.8, 4) is 0 Å². The lowest BCUT2D eigenvalue weighted by atomic mass is 10.1. The lowest BCUT2D eigenvalue weighted by Crippen LogP contribution is -2.50. The Bertz CT molecular complexity index is 799. The lowest BCUT2D eigenvalue weighted by molar-refractivity contribution is -0.140. The van der Waals surface area contributed by atoms with Crippen LogP contribution in [0.4, 0.5) is 0 Å². The van der Waals surface area contributed by atoms with Crippen molar-refractivity contribution in [2.45, 2.75) is 45.9 Å². The zero-order valence-electron chi connectivity index (χ0n) is 18.2. The highest BCUT2D eigenvalue weighted by Gasteiger charge is 2.28. The van der Waals surface area contributed by atoms with E-state index in [9.17, 15) is 18.0 Å².